The predicted octanol–water partition coefficient (Wildman–Crippen LogP) is 1.83. The molecular weight excluding hydrogens is 140 g/mol. The second kappa shape index (κ2) is 2.64. The molecule has 1 aliphatic carbocycles. The van der Waals surface area contributed by atoms with Crippen LogP contribution in [0.3, 0.4) is 0 Å². The van der Waals surface area contributed by atoms with Crippen molar-refractivity contribution in [3.05, 3.63) is 17.4 Å². The molecular formula is C8H12N2O. The molecule has 3 rings (SSSR count). The van der Waals surface area contributed by atoms with Crippen LogP contribution in [0.1, 0.15) is 25.7 Å². The highest BCUT2D eigenvalue weighted by Gasteiger charge is 2.24. The molecule has 2 aliphatic heterocycles. The van der Waals surface area contributed by atoms with E-state index in [9.17, 15) is 5.21 Å². The molecule has 0 aromatic rings. The van der Waals surface area contributed by atoms with Crippen molar-refractivity contribution in [1.29, 1.82) is 0 Å². The molecule has 0 saturated carbocycles. The van der Waals surface area contributed by atoms with Crippen molar-refractivity contribution in [2.24, 2.45) is 5.11 Å². The fourth-order valence-corrected chi connectivity index (χ4v) is 1.67. The van der Waals surface area contributed by atoms with Gasteiger partial charge in [-0.15, -0.1) is 0 Å². The van der Waals surface area contributed by atoms with Crippen LogP contribution in [-0.2, 0) is 0 Å². The molecule has 0 N–H and O–H groups in total. The molecule has 11 heavy (non-hydrogen) atoms. The quantitative estimate of drug-likeness (QED) is 0.296. The van der Waals surface area contributed by atoms with Crippen molar-refractivity contribution in [3.63, 3.8) is 0 Å². The third-order valence-electron chi connectivity index (χ3n) is 2.35. The topological polar surface area (TPSA) is 38.4 Å². The minimum absolute atomic E-state index is 0.0338. The van der Waals surface area contributed by atoms with E-state index in [0.29, 0.717) is 0 Å². The number of rotatable bonds is 0. The average molecular weight is 152 g/mol. The third kappa shape index (κ3) is 1.27. The van der Waals surface area contributed by atoms with Gasteiger partial charge in [-0.3, -0.25) is 0 Å². The van der Waals surface area contributed by atoms with Gasteiger partial charge in [-0.25, -0.2) is 0 Å². The Balaban J connectivity index is 2.22. The maximum atomic E-state index is 11.1. The number of fused-ring (bicyclic) bond motifs is 3. The van der Waals surface area contributed by atoms with Crippen molar-refractivity contribution in [3.8, 4) is 0 Å². The minimum atomic E-state index is 0.0338. The summed E-state index contributed by atoms with van der Waals surface area (Å²) in [5, 5.41) is 15.1. The van der Waals surface area contributed by atoms with Crippen molar-refractivity contribution >= 4 is 0 Å². The zero-order chi connectivity index (χ0) is 7.68. The first-order valence-electron chi connectivity index (χ1n) is 4.22. The lowest BCUT2D eigenvalue weighted by molar-refractivity contribution is -0.563. The summed E-state index contributed by atoms with van der Waals surface area (Å²) in [6.07, 6.45) is 8.46. The van der Waals surface area contributed by atoms with Gasteiger partial charge in [0.2, 0.25) is 6.04 Å². The van der Waals surface area contributed by atoms with Gasteiger partial charge in [-0.1, -0.05) is 17.4 Å². The Labute approximate surface area is 66.0 Å². The van der Waals surface area contributed by atoms with Gasteiger partial charge >= 0.3 is 0 Å². The van der Waals surface area contributed by atoms with Crippen LogP contribution in [0.5, 0.6) is 0 Å². The van der Waals surface area contributed by atoms with Gasteiger partial charge in [0.15, 0.2) is 0 Å². The summed E-state index contributed by atoms with van der Waals surface area (Å²) in [6, 6.07) is 0.204. The summed E-state index contributed by atoms with van der Waals surface area (Å²) in [7, 11) is 0. The highest BCUT2D eigenvalue weighted by molar-refractivity contribution is 5.00. The SMILES string of the molecule is [O-][N+]1=NC2C=CC1CCCC2. The van der Waals surface area contributed by atoms with E-state index in [1.54, 1.807) is 0 Å². The summed E-state index contributed by atoms with van der Waals surface area (Å²) < 4.78 is 0. The molecule has 2 heterocycles. The smallest absolute Gasteiger partial charge is 0.208 e. The normalized spacial score (nSPS) is 36.2. The lowest BCUT2D eigenvalue weighted by atomic mass is 9.99. The van der Waals surface area contributed by atoms with Crippen LogP contribution in [0.2, 0.25) is 0 Å². The Morgan fingerprint density at radius 2 is 2.09 bits per heavy atom. The van der Waals surface area contributed by atoms with Crippen molar-refractivity contribution in [2.75, 3.05) is 0 Å². The fraction of sp³-hybridized carbons (Fsp3) is 0.750. The Kier molecular flexibility index (Phi) is 1.64. The van der Waals surface area contributed by atoms with E-state index >= 15 is 0 Å². The molecule has 0 amide bonds. The summed E-state index contributed by atoms with van der Waals surface area (Å²) in [4.78, 5) is 0.879. The van der Waals surface area contributed by atoms with E-state index in [-0.39, 0.29) is 12.1 Å². The Bertz CT molecular complexity index is 210. The highest BCUT2D eigenvalue weighted by Crippen LogP contribution is 2.20. The van der Waals surface area contributed by atoms with Crippen molar-refractivity contribution in [1.82, 2.24) is 0 Å². The van der Waals surface area contributed by atoms with Crippen molar-refractivity contribution < 1.29 is 4.86 Å². The summed E-state index contributed by atoms with van der Waals surface area (Å²) in [5.41, 5.74) is 0. The zero-order valence-electron chi connectivity index (χ0n) is 6.44. The first-order chi connectivity index (χ1) is 5.36. The molecule has 0 aromatic heterocycles. The molecule has 60 valence electrons. The number of azo groups is 1. The molecule has 0 fully saturated rings. The minimum Gasteiger partial charge on any atom is -0.599 e. The second-order valence-electron chi connectivity index (χ2n) is 3.22. The molecule has 3 nitrogen and oxygen atoms in total. The van der Waals surface area contributed by atoms with E-state index in [2.05, 4.69) is 11.2 Å². The predicted molar refractivity (Wildman–Crippen MR) is 41.2 cm³/mol. The number of hydrogen-bond acceptors (Lipinski definition) is 2. The first-order valence-corrected chi connectivity index (χ1v) is 4.22. The number of hydroxylamine groups is 1. The lowest BCUT2D eigenvalue weighted by Crippen LogP contribution is -2.26. The van der Waals surface area contributed by atoms with E-state index < -0.39 is 0 Å². The van der Waals surface area contributed by atoms with E-state index in [0.717, 1.165) is 17.7 Å². The Hall–Kier alpha value is -0.860. The van der Waals surface area contributed by atoms with Crippen molar-refractivity contribution in [2.45, 2.75) is 37.8 Å². The van der Waals surface area contributed by atoms with Gasteiger partial charge in [0.25, 0.3) is 0 Å². The summed E-state index contributed by atoms with van der Waals surface area (Å²) in [6.45, 7) is 0. The van der Waals surface area contributed by atoms with Gasteiger partial charge < -0.3 is 5.21 Å². The molecule has 0 spiro atoms. The standard InChI is InChI=1S/C8H12N2O/c11-10-8-4-2-1-3-7(9-10)5-6-8/h5-8H,1-4H2. The molecule has 3 aliphatic rings. The van der Waals surface area contributed by atoms with Crippen LogP contribution in [0.15, 0.2) is 17.3 Å². The zero-order valence-corrected chi connectivity index (χ0v) is 6.44. The third-order valence-corrected chi connectivity index (χ3v) is 2.35. The van der Waals surface area contributed by atoms with Crippen LogP contribution >= 0.6 is 0 Å². The van der Waals surface area contributed by atoms with Crippen LogP contribution in [-0.4, -0.2) is 16.9 Å². The van der Waals surface area contributed by atoms with Crippen LogP contribution < -0.4 is 0 Å². The molecule has 0 radical (unpaired) electrons. The van der Waals surface area contributed by atoms with Gasteiger partial charge in [0.05, 0.1) is 0 Å². The summed E-state index contributed by atoms with van der Waals surface area (Å²) >= 11 is 0. The Morgan fingerprint density at radius 1 is 1.27 bits per heavy atom. The van der Waals surface area contributed by atoms with Gasteiger partial charge in [0.1, 0.15) is 6.04 Å². The second-order valence-corrected chi connectivity index (χ2v) is 3.22. The van der Waals surface area contributed by atoms with Gasteiger partial charge in [-0.2, -0.15) is 0 Å². The summed E-state index contributed by atoms with van der Waals surface area (Å²) in [5.74, 6) is 0. The van der Waals surface area contributed by atoms with E-state index in [1.165, 1.54) is 12.8 Å². The number of nitrogens with zero attached hydrogens (tertiary/aromatic N) is 2. The fourth-order valence-electron chi connectivity index (χ4n) is 1.67. The lowest BCUT2D eigenvalue weighted by Gasteiger charge is -2.20. The van der Waals surface area contributed by atoms with Crippen LogP contribution in [0, 0.1) is 5.21 Å². The molecule has 2 bridgehead atoms. The maximum Gasteiger partial charge on any atom is 0.208 e. The molecule has 0 aromatic carbocycles. The van der Waals surface area contributed by atoms with E-state index in [1.807, 2.05) is 6.08 Å². The van der Waals surface area contributed by atoms with E-state index in [4.69, 9.17) is 0 Å². The molecule has 0 saturated heterocycles. The Morgan fingerprint density at radius 3 is 2.91 bits per heavy atom. The highest BCUT2D eigenvalue weighted by atomic mass is 16.5. The number of hydrogen-bond donors (Lipinski definition) is 0. The molecule has 2 atom stereocenters. The molecule has 2 unspecified atom stereocenters. The first kappa shape index (κ1) is 6.83. The maximum absolute atomic E-state index is 11.1. The largest absolute Gasteiger partial charge is 0.599 e. The van der Waals surface area contributed by atoms with Gasteiger partial charge in [0, 0.05) is 6.42 Å². The average Bonchev–Trinajstić information content (AvgIpc) is 1.92. The molecule has 3 heteroatoms. The van der Waals surface area contributed by atoms with Gasteiger partial charge in [-0.05, 0) is 24.0 Å². The monoisotopic (exact) mass is 152 g/mol. The van der Waals surface area contributed by atoms with Crippen LogP contribution in [0.25, 0.3) is 0 Å². The van der Waals surface area contributed by atoms with Crippen LogP contribution in [0.4, 0.5) is 0 Å².